The second-order valence-corrected chi connectivity index (χ2v) is 3.37. The third-order valence-electron chi connectivity index (χ3n) is 1.78. The Morgan fingerprint density at radius 3 is 2.88 bits per heavy atom. The van der Waals surface area contributed by atoms with Gasteiger partial charge in [-0.3, -0.25) is 0 Å². The van der Waals surface area contributed by atoms with Crippen LogP contribution in [-0.2, 0) is 6.54 Å². The molecule has 1 N–H and O–H groups in total. The van der Waals surface area contributed by atoms with Crippen LogP contribution in [-0.4, -0.2) is 13.2 Å². The Labute approximate surface area is 97.6 Å². The maximum atomic E-state index is 12.1. The number of terminal acetylenes is 1. The van der Waals surface area contributed by atoms with Crippen LogP contribution in [0.15, 0.2) is 18.2 Å². The fourth-order valence-corrected chi connectivity index (χ4v) is 1.36. The molecule has 1 aromatic rings. The predicted molar refractivity (Wildman–Crippen MR) is 58.6 cm³/mol. The molecule has 0 spiro atoms. The van der Waals surface area contributed by atoms with E-state index in [-0.39, 0.29) is 5.75 Å². The maximum absolute atomic E-state index is 12.1. The minimum atomic E-state index is -2.85. The van der Waals surface area contributed by atoms with Gasteiger partial charge in [0.25, 0.3) is 0 Å². The molecule has 0 heterocycles. The van der Waals surface area contributed by atoms with Gasteiger partial charge in [0.05, 0.1) is 6.54 Å². The van der Waals surface area contributed by atoms with Crippen molar-refractivity contribution in [1.82, 2.24) is 5.32 Å². The molecule has 0 unspecified atom stereocenters. The highest BCUT2D eigenvalue weighted by molar-refractivity contribution is 6.30. The zero-order valence-corrected chi connectivity index (χ0v) is 9.10. The van der Waals surface area contributed by atoms with Crippen LogP contribution in [0.3, 0.4) is 0 Å². The van der Waals surface area contributed by atoms with E-state index in [0.29, 0.717) is 23.7 Å². The van der Waals surface area contributed by atoms with Crippen molar-refractivity contribution in [2.75, 3.05) is 6.54 Å². The van der Waals surface area contributed by atoms with E-state index >= 15 is 0 Å². The summed E-state index contributed by atoms with van der Waals surface area (Å²) in [5, 5.41) is 3.33. The monoisotopic (exact) mass is 245 g/mol. The SMILES string of the molecule is C#CCNCc1cc(Cl)ccc1OC(F)F. The van der Waals surface area contributed by atoms with Crippen molar-refractivity contribution in [3.63, 3.8) is 0 Å². The lowest BCUT2D eigenvalue weighted by atomic mass is 10.2. The highest BCUT2D eigenvalue weighted by atomic mass is 35.5. The number of nitrogens with one attached hydrogen (secondary N) is 1. The van der Waals surface area contributed by atoms with Crippen molar-refractivity contribution in [2.24, 2.45) is 0 Å². The molecule has 0 aromatic heterocycles. The van der Waals surface area contributed by atoms with Crippen LogP contribution in [0.5, 0.6) is 5.75 Å². The first-order valence-corrected chi connectivity index (χ1v) is 4.88. The Hall–Kier alpha value is -1.31. The molecule has 0 saturated carbocycles. The molecule has 5 heteroatoms. The molecule has 0 atom stereocenters. The van der Waals surface area contributed by atoms with Crippen LogP contribution >= 0.6 is 11.6 Å². The molecule has 1 aromatic carbocycles. The van der Waals surface area contributed by atoms with Crippen molar-refractivity contribution < 1.29 is 13.5 Å². The van der Waals surface area contributed by atoms with Gasteiger partial charge in [-0.15, -0.1) is 6.42 Å². The molecule has 0 aliphatic carbocycles. The normalized spacial score (nSPS) is 10.2. The first-order chi connectivity index (χ1) is 7.63. The molecule has 1 rings (SSSR count). The van der Waals surface area contributed by atoms with Gasteiger partial charge in [0.15, 0.2) is 0 Å². The van der Waals surface area contributed by atoms with E-state index in [9.17, 15) is 8.78 Å². The third-order valence-corrected chi connectivity index (χ3v) is 2.02. The molecule has 0 saturated heterocycles. The van der Waals surface area contributed by atoms with Gasteiger partial charge in [-0.2, -0.15) is 8.78 Å². The molecular formula is C11H10ClF2NO. The van der Waals surface area contributed by atoms with Gasteiger partial charge in [-0.1, -0.05) is 17.5 Å². The molecule has 0 amide bonds. The van der Waals surface area contributed by atoms with Crippen LogP contribution in [0.1, 0.15) is 5.56 Å². The van der Waals surface area contributed by atoms with E-state index in [0.717, 1.165) is 0 Å². The number of hydrogen-bond acceptors (Lipinski definition) is 2. The van der Waals surface area contributed by atoms with Crippen molar-refractivity contribution in [1.29, 1.82) is 0 Å². The molecule has 0 aliphatic rings. The van der Waals surface area contributed by atoms with Crippen molar-refractivity contribution in [2.45, 2.75) is 13.2 Å². The summed E-state index contributed by atoms with van der Waals surface area (Å²) in [7, 11) is 0. The fraction of sp³-hybridized carbons (Fsp3) is 0.273. The van der Waals surface area contributed by atoms with Crippen LogP contribution in [0.25, 0.3) is 0 Å². The Kier molecular flexibility index (Phi) is 5.03. The van der Waals surface area contributed by atoms with E-state index in [1.165, 1.54) is 12.1 Å². The summed E-state index contributed by atoms with van der Waals surface area (Å²) in [6, 6.07) is 4.45. The topological polar surface area (TPSA) is 21.3 Å². The lowest BCUT2D eigenvalue weighted by Gasteiger charge is -2.11. The summed E-state index contributed by atoms with van der Waals surface area (Å²) < 4.78 is 28.5. The zero-order valence-electron chi connectivity index (χ0n) is 8.34. The van der Waals surface area contributed by atoms with Gasteiger partial charge in [0, 0.05) is 17.1 Å². The molecule has 0 fully saturated rings. The van der Waals surface area contributed by atoms with Gasteiger partial charge in [-0.05, 0) is 18.2 Å². The summed E-state index contributed by atoms with van der Waals surface area (Å²) in [4.78, 5) is 0. The number of halogens is 3. The smallest absolute Gasteiger partial charge is 0.387 e. The van der Waals surface area contributed by atoms with Crippen LogP contribution in [0.2, 0.25) is 5.02 Å². The van der Waals surface area contributed by atoms with Crippen molar-refractivity contribution >= 4 is 11.6 Å². The Balaban J connectivity index is 2.77. The zero-order chi connectivity index (χ0) is 12.0. The largest absolute Gasteiger partial charge is 0.434 e. The first-order valence-electron chi connectivity index (χ1n) is 4.51. The van der Waals surface area contributed by atoms with Gasteiger partial charge in [-0.25, -0.2) is 0 Å². The standard InChI is InChI=1S/C11H10ClF2NO/c1-2-5-15-7-8-6-9(12)3-4-10(8)16-11(13)14/h1,3-4,6,11,15H,5,7H2. The van der Waals surface area contributed by atoms with Gasteiger partial charge >= 0.3 is 6.61 Å². The highest BCUT2D eigenvalue weighted by Gasteiger charge is 2.09. The number of hydrogen-bond donors (Lipinski definition) is 1. The second-order valence-electron chi connectivity index (χ2n) is 2.94. The summed E-state index contributed by atoms with van der Waals surface area (Å²) in [6.07, 6.45) is 5.05. The Morgan fingerprint density at radius 2 is 2.25 bits per heavy atom. The summed E-state index contributed by atoms with van der Waals surface area (Å²) >= 11 is 5.76. The van der Waals surface area contributed by atoms with Crippen molar-refractivity contribution in [3.8, 4) is 18.1 Å². The molecule has 0 aliphatic heterocycles. The molecule has 86 valence electrons. The van der Waals surface area contributed by atoms with E-state index < -0.39 is 6.61 Å². The Morgan fingerprint density at radius 1 is 1.50 bits per heavy atom. The van der Waals surface area contributed by atoms with Crippen LogP contribution in [0.4, 0.5) is 8.78 Å². The quantitative estimate of drug-likeness (QED) is 0.636. The minimum absolute atomic E-state index is 0.101. The highest BCUT2D eigenvalue weighted by Crippen LogP contribution is 2.24. The molecule has 2 nitrogen and oxygen atoms in total. The van der Waals surface area contributed by atoms with Crippen LogP contribution < -0.4 is 10.1 Å². The van der Waals surface area contributed by atoms with Gasteiger partial charge in [0.1, 0.15) is 5.75 Å². The van der Waals surface area contributed by atoms with E-state index in [1.54, 1.807) is 6.07 Å². The minimum Gasteiger partial charge on any atom is -0.434 e. The molecule has 16 heavy (non-hydrogen) atoms. The average Bonchev–Trinajstić information content (AvgIpc) is 2.22. The van der Waals surface area contributed by atoms with Gasteiger partial charge in [0.2, 0.25) is 0 Å². The van der Waals surface area contributed by atoms with Gasteiger partial charge < -0.3 is 10.1 Å². The molecule has 0 radical (unpaired) electrons. The second kappa shape index (κ2) is 6.31. The molecular weight excluding hydrogens is 236 g/mol. The van der Waals surface area contributed by atoms with E-state index in [2.05, 4.69) is 16.0 Å². The first kappa shape index (κ1) is 12.8. The predicted octanol–water partition coefficient (Wildman–Crippen LogP) is 2.66. The summed E-state index contributed by atoms with van der Waals surface area (Å²) in [5.74, 6) is 2.48. The fourth-order valence-electron chi connectivity index (χ4n) is 1.17. The lowest BCUT2D eigenvalue weighted by molar-refractivity contribution is -0.0504. The van der Waals surface area contributed by atoms with E-state index in [4.69, 9.17) is 18.0 Å². The third kappa shape index (κ3) is 4.05. The summed E-state index contributed by atoms with van der Waals surface area (Å²) in [6.45, 7) is -2.18. The lowest BCUT2D eigenvalue weighted by Crippen LogP contribution is -2.14. The summed E-state index contributed by atoms with van der Waals surface area (Å²) in [5.41, 5.74) is 0.544. The Bertz CT molecular complexity index is 390. The van der Waals surface area contributed by atoms with Crippen LogP contribution in [0, 0.1) is 12.3 Å². The number of benzene rings is 1. The average molecular weight is 246 g/mol. The van der Waals surface area contributed by atoms with Crippen molar-refractivity contribution in [3.05, 3.63) is 28.8 Å². The molecule has 0 bridgehead atoms. The number of ether oxygens (including phenoxy) is 1. The van der Waals surface area contributed by atoms with E-state index in [1.807, 2.05) is 0 Å². The number of rotatable bonds is 5. The number of alkyl halides is 2. The maximum Gasteiger partial charge on any atom is 0.387 e.